The van der Waals surface area contributed by atoms with Gasteiger partial charge in [0, 0.05) is 0 Å². The van der Waals surface area contributed by atoms with Gasteiger partial charge in [-0.05, 0) is 71.4 Å². The van der Waals surface area contributed by atoms with Crippen molar-refractivity contribution in [3.8, 4) is 0 Å². The Bertz CT molecular complexity index is 1450. The molecule has 0 radical (unpaired) electrons. The van der Waals surface area contributed by atoms with Gasteiger partial charge < -0.3 is 29.6 Å². The lowest BCUT2D eigenvalue weighted by Gasteiger charge is -2.26. The number of rotatable bonds is 14. The highest BCUT2D eigenvalue weighted by Crippen LogP contribution is 2.15. The molecular weight excluding hydrogens is 704 g/mol. The summed E-state index contributed by atoms with van der Waals surface area (Å²) < 4.78 is 20.7. The van der Waals surface area contributed by atoms with Gasteiger partial charge in [0.2, 0.25) is 0 Å². The molecule has 2 aromatic carbocycles. The zero-order valence-electron chi connectivity index (χ0n) is 33.3. The predicted octanol–water partition coefficient (Wildman–Crippen LogP) is 8.80. The van der Waals surface area contributed by atoms with Crippen LogP contribution < -0.4 is 10.6 Å². The molecule has 12 nitrogen and oxygen atoms in total. The minimum Gasteiger partial charge on any atom is -0.460 e. The first-order valence-corrected chi connectivity index (χ1v) is 17.5. The molecule has 2 aromatic rings. The van der Waals surface area contributed by atoms with Crippen LogP contribution in [0.5, 0.6) is 0 Å². The van der Waals surface area contributed by atoms with E-state index >= 15 is 0 Å². The summed E-state index contributed by atoms with van der Waals surface area (Å²) in [4.78, 5) is 72.9. The van der Waals surface area contributed by atoms with Gasteiger partial charge in [-0.15, -0.1) is 13.2 Å². The lowest BCUT2D eigenvalue weighted by molar-refractivity contribution is -0.153. The maximum atomic E-state index is 12.7. The first-order valence-electron chi connectivity index (χ1n) is 17.5. The van der Waals surface area contributed by atoms with Gasteiger partial charge in [0.25, 0.3) is 0 Å². The Labute approximate surface area is 330 Å². The van der Waals surface area contributed by atoms with E-state index in [9.17, 15) is 28.8 Å². The Morgan fingerprint density at radius 2 is 0.964 bits per heavy atom. The van der Waals surface area contributed by atoms with E-state index in [1.54, 1.807) is 69.2 Å². The van der Waals surface area contributed by atoms with E-state index in [1.165, 1.54) is 6.92 Å². The summed E-state index contributed by atoms with van der Waals surface area (Å²) in [5.41, 5.74) is 0.349. The zero-order valence-corrected chi connectivity index (χ0v) is 33.3. The molecule has 0 saturated carbocycles. The molecule has 12 heteroatoms. The Balaban J connectivity index is -0.000000909. The smallest absolute Gasteiger partial charge is 0.408 e. The lowest BCUT2D eigenvalue weighted by Crippen LogP contribution is -2.49. The van der Waals surface area contributed by atoms with Crippen LogP contribution in [-0.2, 0) is 51.3 Å². The molecule has 0 saturated heterocycles. The number of Topliss-reactive ketones (excluding diaryl/α,β-unsaturated/α-hetero) is 2. The standard InChI is InChI=1S/C20H29NO5.C19H27NO5.C2H4.2CH4/c1-13(2)16(21-19(24)26-20(4,5)6)17(22)14(3)18(23)25-12-15-10-8-7-9-11-15;1-13(2)17(20-18(23)25-19(3,4)5)15(21)11-16(22)24-12-14-9-7-6-8-10-14;1-2;;/h7-11,13-14,16H,12H2,1-6H3,(H,21,24);6-10,13,17H,11-12H2,1-5H3,(H,20,23);1-2H2;2*1H4/t14?,16-;17-;;;/m00.../s1. The summed E-state index contributed by atoms with van der Waals surface area (Å²) in [6.07, 6.45) is -1.77. The number of ether oxygens (including phenoxy) is 4. The molecule has 3 atom stereocenters. The fourth-order valence-corrected chi connectivity index (χ4v) is 4.33. The summed E-state index contributed by atoms with van der Waals surface area (Å²) in [6.45, 7) is 25.3. The van der Waals surface area contributed by atoms with E-state index in [4.69, 9.17) is 18.9 Å². The van der Waals surface area contributed by atoms with Crippen LogP contribution in [0.2, 0.25) is 0 Å². The highest BCUT2D eigenvalue weighted by molar-refractivity contribution is 6.02. The Kier molecular flexibility index (Phi) is 26.4. The summed E-state index contributed by atoms with van der Waals surface area (Å²) >= 11 is 0. The SMILES string of the molecule is C.C.C=C.CC(C(=O)OCc1ccccc1)C(=O)[C@@H](NC(=O)OC(C)(C)C)C(C)C.CC(C)[C@H](NC(=O)OC(C)(C)C)C(=O)CC(=O)OCc1ccccc1. The second-order valence-electron chi connectivity index (χ2n) is 14.7. The third-order valence-corrected chi connectivity index (χ3v) is 6.90. The molecule has 0 heterocycles. The second-order valence-corrected chi connectivity index (χ2v) is 14.7. The van der Waals surface area contributed by atoms with Gasteiger partial charge in [-0.2, -0.15) is 0 Å². The number of alkyl carbamates (subject to hydrolysis) is 2. The first kappa shape index (κ1) is 54.3. The van der Waals surface area contributed by atoms with Crippen molar-refractivity contribution in [2.45, 2.75) is 134 Å². The third-order valence-electron chi connectivity index (χ3n) is 6.90. The zero-order chi connectivity index (χ0) is 40.9. The van der Waals surface area contributed by atoms with Gasteiger partial charge >= 0.3 is 24.1 Å². The average Bonchev–Trinajstić information content (AvgIpc) is 3.07. The van der Waals surface area contributed by atoms with Crippen LogP contribution in [-0.4, -0.2) is 59.0 Å². The molecule has 2 rings (SSSR count). The molecule has 0 aliphatic heterocycles. The van der Waals surface area contributed by atoms with Crippen molar-refractivity contribution in [1.29, 1.82) is 0 Å². The fraction of sp³-hybridized carbons (Fsp3) is 0.535. The van der Waals surface area contributed by atoms with Gasteiger partial charge in [-0.25, -0.2) is 9.59 Å². The number of esters is 2. The van der Waals surface area contributed by atoms with Gasteiger partial charge in [-0.3, -0.25) is 19.2 Å². The van der Waals surface area contributed by atoms with Crippen molar-refractivity contribution >= 4 is 35.7 Å². The Hall–Kier alpha value is -5.00. The van der Waals surface area contributed by atoms with Crippen LogP contribution in [0.25, 0.3) is 0 Å². The number of carbonyl (C=O) groups is 6. The van der Waals surface area contributed by atoms with Crippen molar-refractivity contribution < 1.29 is 47.7 Å². The maximum Gasteiger partial charge on any atom is 0.408 e. The van der Waals surface area contributed by atoms with E-state index in [2.05, 4.69) is 23.8 Å². The van der Waals surface area contributed by atoms with Crippen LogP contribution in [0.15, 0.2) is 73.8 Å². The molecule has 0 fully saturated rings. The topological polar surface area (TPSA) is 163 Å². The molecular formula is C43H68N2O10. The molecule has 2 N–H and O–H groups in total. The molecule has 0 aromatic heterocycles. The average molecular weight is 773 g/mol. The highest BCUT2D eigenvalue weighted by atomic mass is 16.6. The molecule has 55 heavy (non-hydrogen) atoms. The lowest BCUT2D eigenvalue weighted by atomic mass is 9.92. The number of nitrogens with one attached hydrogen (secondary N) is 2. The number of hydrogen-bond acceptors (Lipinski definition) is 10. The molecule has 1 unspecified atom stereocenters. The fourth-order valence-electron chi connectivity index (χ4n) is 4.33. The minimum absolute atomic E-state index is 0. The summed E-state index contributed by atoms with van der Waals surface area (Å²) in [6, 6.07) is 16.8. The molecule has 310 valence electrons. The van der Waals surface area contributed by atoms with Gasteiger partial charge in [0.1, 0.15) is 36.8 Å². The van der Waals surface area contributed by atoms with E-state index < -0.39 is 71.3 Å². The number of benzene rings is 2. The van der Waals surface area contributed by atoms with E-state index in [0.29, 0.717) is 0 Å². The molecule has 2 amide bonds. The Morgan fingerprint density at radius 3 is 1.33 bits per heavy atom. The van der Waals surface area contributed by atoms with Gasteiger partial charge in [0.15, 0.2) is 11.6 Å². The first-order chi connectivity index (χ1) is 24.6. The summed E-state index contributed by atoms with van der Waals surface area (Å²) in [7, 11) is 0. The Morgan fingerprint density at radius 1 is 0.600 bits per heavy atom. The second kappa shape index (κ2) is 26.7. The predicted molar refractivity (Wildman–Crippen MR) is 217 cm³/mol. The molecule has 0 aliphatic carbocycles. The quantitative estimate of drug-likeness (QED) is 0.0821. The summed E-state index contributed by atoms with van der Waals surface area (Å²) in [5.74, 6) is -3.40. The number of amides is 2. The van der Waals surface area contributed by atoms with Crippen molar-refractivity contribution in [1.82, 2.24) is 10.6 Å². The molecule has 0 aliphatic rings. The van der Waals surface area contributed by atoms with E-state index in [-0.39, 0.29) is 39.9 Å². The van der Waals surface area contributed by atoms with Gasteiger partial charge in [-0.1, -0.05) is 103 Å². The van der Waals surface area contributed by atoms with Crippen molar-refractivity contribution in [3.63, 3.8) is 0 Å². The summed E-state index contributed by atoms with van der Waals surface area (Å²) in [5, 5.41) is 5.10. The van der Waals surface area contributed by atoms with Crippen LogP contribution in [0, 0.1) is 17.8 Å². The number of hydrogen-bond donors (Lipinski definition) is 2. The minimum atomic E-state index is -0.985. The van der Waals surface area contributed by atoms with Crippen LogP contribution in [0.3, 0.4) is 0 Å². The van der Waals surface area contributed by atoms with Crippen LogP contribution in [0.1, 0.15) is 109 Å². The van der Waals surface area contributed by atoms with E-state index in [1.807, 2.05) is 60.7 Å². The normalized spacial score (nSPS) is 12.2. The van der Waals surface area contributed by atoms with E-state index in [0.717, 1.165) is 11.1 Å². The van der Waals surface area contributed by atoms with Crippen LogP contribution >= 0.6 is 0 Å². The number of ketones is 2. The van der Waals surface area contributed by atoms with Crippen molar-refractivity contribution in [2.24, 2.45) is 17.8 Å². The largest absolute Gasteiger partial charge is 0.460 e. The van der Waals surface area contributed by atoms with Crippen molar-refractivity contribution in [2.75, 3.05) is 0 Å². The third kappa shape index (κ3) is 24.1. The van der Waals surface area contributed by atoms with Crippen molar-refractivity contribution in [3.05, 3.63) is 84.9 Å². The highest BCUT2D eigenvalue weighted by Gasteiger charge is 2.34. The number of carbonyl (C=O) groups excluding carboxylic acids is 6. The monoisotopic (exact) mass is 772 g/mol. The molecule has 0 spiro atoms. The van der Waals surface area contributed by atoms with Gasteiger partial charge in [0.05, 0.1) is 12.1 Å². The maximum absolute atomic E-state index is 12.7. The molecule has 0 bridgehead atoms. The van der Waals surface area contributed by atoms with Crippen LogP contribution in [0.4, 0.5) is 9.59 Å².